The van der Waals surface area contributed by atoms with E-state index in [1.807, 2.05) is 12.1 Å². The topological polar surface area (TPSA) is 92.7 Å². The number of aromatic amines is 1. The van der Waals surface area contributed by atoms with Gasteiger partial charge in [0.15, 0.2) is 0 Å². The predicted molar refractivity (Wildman–Crippen MR) is 67.9 cm³/mol. The molecule has 2 rings (SSSR count). The highest BCUT2D eigenvalue weighted by Gasteiger charge is 2.15. The van der Waals surface area contributed by atoms with Gasteiger partial charge in [-0.05, 0) is 24.5 Å². The van der Waals surface area contributed by atoms with E-state index in [4.69, 9.17) is 11.6 Å². The molecule has 2 aromatic rings. The van der Waals surface area contributed by atoms with Crippen LogP contribution in [0, 0.1) is 6.92 Å². The lowest BCUT2D eigenvalue weighted by molar-refractivity contribution is 0.552. The largest absolute Gasteiger partial charge is 0.384 e. The standard InChI is InChI=1S/C12H17N5/c1-8-4-2-3-5-9(8)6-11(16-14)10-7-15-17-12(10)13/h2-5,7,11,16H,6,14H2,1H3,(H3,13,15,17). The average molecular weight is 231 g/mol. The van der Waals surface area contributed by atoms with Crippen LogP contribution in [-0.4, -0.2) is 10.2 Å². The SMILES string of the molecule is Cc1ccccc1CC(NN)c1cn[nH]c1N. The van der Waals surface area contributed by atoms with Crippen molar-refractivity contribution in [3.05, 3.63) is 47.2 Å². The smallest absolute Gasteiger partial charge is 0.123 e. The summed E-state index contributed by atoms with van der Waals surface area (Å²) in [7, 11) is 0. The number of hydrogen-bond donors (Lipinski definition) is 4. The minimum atomic E-state index is -0.0325. The summed E-state index contributed by atoms with van der Waals surface area (Å²) in [5.74, 6) is 6.14. The lowest BCUT2D eigenvalue weighted by atomic mass is 9.98. The van der Waals surface area contributed by atoms with Crippen LogP contribution in [0.15, 0.2) is 30.5 Å². The number of benzene rings is 1. The zero-order chi connectivity index (χ0) is 12.3. The number of nitrogen functional groups attached to an aromatic ring is 1. The zero-order valence-corrected chi connectivity index (χ0v) is 9.77. The molecule has 1 unspecified atom stereocenters. The van der Waals surface area contributed by atoms with Crippen molar-refractivity contribution in [2.45, 2.75) is 19.4 Å². The number of aromatic nitrogens is 2. The molecule has 0 fully saturated rings. The highest BCUT2D eigenvalue weighted by Crippen LogP contribution is 2.22. The number of H-pyrrole nitrogens is 1. The van der Waals surface area contributed by atoms with Crippen molar-refractivity contribution in [1.29, 1.82) is 0 Å². The maximum atomic E-state index is 5.80. The van der Waals surface area contributed by atoms with Gasteiger partial charge in [-0.25, -0.2) is 0 Å². The molecule has 0 saturated carbocycles. The number of nitrogens with one attached hydrogen (secondary N) is 2. The number of nitrogens with two attached hydrogens (primary N) is 2. The third-order valence-electron chi connectivity index (χ3n) is 2.96. The number of hydrazine groups is 1. The fraction of sp³-hybridized carbons (Fsp3) is 0.250. The molecule has 1 atom stereocenters. The first-order valence-corrected chi connectivity index (χ1v) is 5.51. The molecule has 0 aliphatic carbocycles. The van der Waals surface area contributed by atoms with Gasteiger partial charge in [-0.2, -0.15) is 5.10 Å². The van der Waals surface area contributed by atoms with Crippen LogP contribution in [0.2, 0.25) is 0 Å². The van der Waals surface area contributed by atoms with Gasteiger partial charge < -0.3 is 5.73 Å². The second-order valence-electron chi connectivity index (χ2n) is 4.09. The average Bonchev–Trinajstić information content (AvgIpc) is 2.75. The lowest BCUT2D eigenvalue weighted by Crippen LogP contribution is -2.30. The van der Waals surface area contributed by atoms with Gasteiger partial charge in [-0.15, -0.1) is 0 Å². The van der Waals surface area contributed by atoms with Gasteiger partial charge in [-0.1, -0.05) is 24.3 Å². The molecular weight excluding hydrogens is 214 g/mol. The van der Waals surface area contributed by atoms with E-state index >= 15 is 0 Å². The quantitative estimate of drug-likeness (QED) is 0.467. The van der Waals surface area contributed by atoms with Crippen LogP contribution in [0.1, 0.15) is 22.7 Å². The Bertz CT molecular complexity index is 491. The van der Waals surface area contributed by atoms with Gasteiger partial charge >= 0.3 is 0 Å². The Morgan fingerprint density at radius 3 is 2.76 bits per heavy atom. The van der Waals surface area contributed by atoms with Crippen molar-refractivity contribution in [3.63, 3.8) is 0 Å². The first-order valence-electron chi connectivity index (χ1n) is 5.51. The molecule has 17 heavy (non-hydrogen) atoms. The van der Waals surface area contributed by atoms with Crippen molar-refractivity contribution >= 4 is 5.82 Å². The molecule has 0 radical (unpaired) electrons. The summed E-state index contributed by atoms with van der Waals surface area (Å²) >= 11 is 0. The van der Waals surface area contributed by atoms with Crippen LogP contribution in [0.5, 0.6) is 0 Å². The van der Waals surface area contributed by atoms with Crippen molar-refractivity contribution in [2.24, 2.45) is 5.84 Å². The Kier molecular flexibility index (Phi) is 3.41. The van der Waals surface area contributed by atoms with E-state index in [1.54, 1.807) is 6.20 Å². The summed E-state index contributed by atoms with van der Waals surface area (Å²) in [6.45, 7) is 2.08. The Balaban J connectivity index is 2.22. The highest BCUT2D eigenvalue weighted by molar-refractivity contribution is 5.40. The third kappa shape index (κ3) is 2.46. The van der Waals surface area contributed by atoms with Crippen LogP contribution >= 0.6 is 0 Å². The van der Waals surface area contributed by atoms with E-state index in [-0.39, 0.29) is 6.04 Å². The molecule has 0 aliphatic heterocycles. The summed E-state index contributed by atoms with van der Waals surface area (Å²) in [5.41, 5.74) is 12.0. The van der Waals surface area contributed by atoms with E-state index in [9.17, 15) is 0 Å². The molecule has 0 aliphatic rings. The highest BCUT2D eigenvalue weighted by atomic mass is 15.2. The number of anilines is 1. The molecule has 0 amide bonds. The molecule has 0 bridgehead atoms. The van der Waals surface area contributed by atoms with E-state index < -0.39 is 0 Å². The zero-order valence-electron chi connectivity index (χ0n) is 9.77. The third-order valence-corrected chi connectivity index (χ3v) is 2.96. The van der Waals surface area contributed by atoms with Crippen molar-refractivity contribution in [3.8, 4) is 0 Å². The fourth-order valence-electron chi connectivity index (χ4n) is 1.90. The molecule has 1 heterocycles. The molecule has 5 heteroatoms. The van der Waals surface area contributed by atoms with Gasteiger partial charge in [-0.3, -0.25) is 16.4 Å². The van der Waals surface area contributed by atoms with Crippen molar-refractivity contribution in [1.82, 2.24) is 15.6 Å². The summed E-state index contributed by atoms with van der Waals surface area (Å²) in [6, 6.07) is 8.19. The normalized spacial score (nSPS) is 12.6. The van der Waals surface area contributed by atoms with E-state index in [1.165, 1.54) is 11.1 Å². The monoisotopic (exact) mass is 231 g/mol. The maximum absolute atomic E-state index is 5.80. The summed E-state index contributed by atoms with van der Waals surface area (Å²) in [5, 5.41) is 6.63. The van der Waals surface area contributed by atoms with Gasteiger partial charge in [0.2, 0.25) is 0 Å². The van der Waals surface area contributed by atoms with Gasteiger partial charge in [0, 0.05) is 5.56 Å². The van der Waals surface area contributed by atoms with Crippen LogP contribution in [0.4, 0.5) is 5.82 Å². The molecule has 1 aromatic carbocycles. The molecule has 6 N–H and O–H groups in total. The van der Waals surface area contributed by atoms with E-state index in [0.29, 0.717) is 5.82 Å². The van der Waals surface area contributed by atoms with Crippen LogP contribution in [0.3, 0.4) is 0 Å². The summed E-state index contributed by atoms with van der Waals surface area (Å²) < 4.78 is 0. The summed E-state index contributed by atoms with van der Waals surface area (Å²) in [4.78, 5) is 0. The second-order valence-corrected chi connectivity index (χ2v) is 4.09. The summed E-state index contributed by atoms with van der Waals surface area (Å²) in [6.07, 6.45) is 2.49. The van der Waals surface area contributed by atoms with Gasteiger partial charge in [0.05, 0.1) is 12.2 Å². The van der Waals surface area contributed by atoms with Crippen molar-refractivity contribution in [2.75, 3.05) is 5.73 Å². The minimum Gasteiger partial charge on any atom is -0.384 e. The number of aryl methyl sites for hydroxylation is 1. The van der Waals surface area contributed by atoms with Gasteiger partial charge in [0.1, 0.15) is 5.82 Å². The first-order chi connectivity index (χ1) is 8.22. The molecule has 90 valence electrons. The molecule has 0 spiro atoms. The fourth-order valence-corrected chi connectivity index (χ4v) is 1.90. The van der Waals surface area contributed by atoms with E-state index in [0.717, 1.165) is 12.0 Å². The Morgan fingerprint density at radius 1 is 1.41 bits per heavy atom. The van der Waals surface area contributed by atoms with Crippen LogP contribution < -0.4 is 17.0 Å². The van der Waals surface area contributed by atoms with E-state index in [2.05, 4.69) is 34.7 Å². The Labute approximate surface area is 100 Å². The van der Waals surface area contributed by atoms with Crippen LogP contribution in [-0.2, 0) is 6.42 Å². The Morgan fingerprint density at radius 2 is 2.18 bits per heavy atom. The number of nitrogens with zero attached hydrogens (tertiary/aromatic N) is 1. The predicted octanol–water partition coefficient (Wildman–Crippen LogP) is 1.05. The van der Waals surface area contributed by atoms with Crippen molar-refractivity contribution < 1.29 is 0 Å². The second kappa shape index (κ2) is 4.99. The lowest BCUT2D eigenvalue weighted by Gasteiger charge is -2.16. The molecule has 1 aromatic heterocycles. The molecular formula is C12H17N5. The van der Waals surface area contributed by atoms with Crippen LogP contribution in [0.25, 0.3) is 0 Å². The maximum Gasteiger partial charge on any atom is 0.123 e. The number of hydrogen-bond acceptors (Lipinski definition) is 4. The van der Waals surface area contributed by atoms with Gasteiger partial charge in [0.25, 0.3) is 0 Å². The molecule has 5 nitrogen and oxygen atoms in total. The number of rotatable bonds is 4. The first kappa shape index (κ1) is 11.6. The Hall–Kier alpha value is -1.85. The minimum absolute atomic E-state index is 0.0325. The molecule has 0 saturated heterocycles.